The second-order valence-corrected chi connectivity index (χ2v) is 13.6. The van der Waals surface area contributed by atoms with Crippen LogP contribution in [-0.4, -0.2) is 84.5 Å². The number of rotatable bonds is 8. The number of hydrogen-bond donors (Lipinski definition) is 2. The molecular weight excluding hydrogens is 563 g/mol. The number of carbonyl (C=O) groups is 2. The normalized spacial score (nSPS) is 19.6. The minimum Gasteiger partial charge on any atom is -0.396 e. The zero-order chi connectivity index (χ0) is 30.1. The molecule has 1 spiro atoms. The average Bonchev–Trinajstić information content (AvgIpc) is 3.31. The molecule has 0 bridgehead atoms. The number of sulfonamides is 1. The van der Waals surface area contributed by atoms with Crippen LogP contribution in [0.25, 0.3) is 0 Å². The summed E-state index contributed by atoms with van der Waals surface area (Å²) in [4.78, 5) is 36.2. The van der Waals surface area contributed by atoms with E-state index < -0.39 is 15.6 Å². The molecule has 3 aliphatic rings. The number of aliphatic imine (C=N–C) groups is 1. The SMILES string of the molecule is Cc1cc(C(=O)N2CCC(CO)CC2)cc(C)c1CCS(=O)(=O)N1CCC2(CC1)N=C(c1cccc(OF)c1)NC2=O. The first kappa shape index (κ1) is 30.1. The summed E-state index contributed by atoms with van der Waals surface area (Å²) in [6, 6.07) is 9.84. The van der Waals surface area contributed by atoms with Crippen LogP contribution < -0.4 is 10.3 Å². The Labute approximate surface area is 245 Å². The number of aliphatic hydroxyl groups excluding tert-OH is 1. The highest BCUT2D eigenvalue weighted by Crippen LogP contribution is 2.33. The summed E-state index contributed by atoms with van der Waals surface area (Å²) < 4.78 is 40.7. The molecule has 0 radical (unpaired) electrons. The molecule has 2 N–H and O–H groups in total. The zero-order valence-corrected chi connectivity index (χ0v) is 24.8. The Bertz CT molecular complexity index is 1470. The van der Waals surface area contributed by atoms with Gasteiger partial charge in [-0.15, -0.1) is 0 Å². The molecule has 3 aliphatic heterocycles. The van der Waals surface area contributed by atoms with Gasteiger partial charge in [0.25, 0.3) is 11.8 Å². The van der Waals surface area contributed by atoms with Crippen molar-refractivity contribution in [2.75, 3.05) is 38.5 Å². The number of piperidine rings is 2. The lowest BCUT2D eigenvalue weighted by Crippen LogP contribution is -2.50. The van der Waals surface area contributed by atoms with E-state index in [4.69, 9.17) is 0 Å². The fourth-order valence-corrected chi connectivity index (χ4v) is 7.65. The molecule has 0 saturated carbocycles. The van der Waals surface area contributed by atoms with Crippen molar-refractivity contribution < 1.29 is 32.6 Å². The Kier molecular flexibility index (Phi) is 8.68. The summed E-state index contributed by atoms with van der Waals surface area (Å²) in [5, 5.41) is 12.1. The van der Waals surface area contributed by atoms with E-state index in [0.717, 1.165) is 29.5 Å². The van der Waals surface area contributed by atoms with Gasteiger partial charge in [0, 0.05) is 48.4 Å². The molecule has 12 heteroatoms. The Morgan fingerprint density at radius 1 is 1.12 bits per heavy atom. The molecule has 2 fully saturated rings. The van der Waals surface area contributed by atoms with E-state index >= 15 is 0 Å². The van der Waals surface area contributed by atoms with Crippen LogP contribution in [0, 0.1) is 19.8 Å². The van der Waals surface area contributed by atoms with Gasteiger partial charge in [-0.2, -0.15) is 0 Å². The summed E-state index contributed by atoms with van der Waals surface area (Å²) in [7, 11) is -3.61. The second kappa shape index (κ2) is 12.1. The predicted molar refractivity (Wildman–Crippen MR) is 156 cm³/mol. The number of halogens is 1. The van der Waals surface area contributed by atoms with E-state index in [0.29, 0.717) is 36.5 Å². The molecule has 0 atom stereocenters. The quantitative estimate of drug-likeness (QED) is 0.480. The maximum Gasteiger partial charge on any atom is 0.253 e. The molecule has 2 aromatic rings. The molecule has 5 rings (SSSR count). The van der Waals surface area contributed by atoms with E-state index in [1.165, 1.54) is 16.4 Å². The maximum atomic E-state index is 13.3. The van der Waals surface area contributed by atoms with Crippen LogP contribution in [0.2, 0.25) is 0 Å². The number of likely N-dealkylation sites (tertiary alicyclic amines) is 1. The van der Waals surface area contributed by atoms with Gasteiger partial charge in [0.15, 0.2) is 5.75 Å². The van der Waals surface area contributed by atoms with Gasteiger partial charge in [0.05, 0.1) is 5.75 Å². The van der Waals surface area contributed by atoms with E-state index in [1.54, 1.807) is 12.1 Å². The topological polar surface area (TPSA) is 129 Å². The Morgan fingerprint density at radius 2 is 1.79 bits per heavy atom. The lowest BCUT2D eigenvalue weighted by molar-refractivity contribution is -0.124. The first-order chi connectivity index (χ1) is 20.0. The van der Waals surface area contributed by atoms with Gasteiger partial charge in [0.1, 0.15) is 11.4 Å². The van der Waals surface area contributed by atoms with Crippen LogP contribution in [-0.2, 0) is 21.2 Å². The third-order valence-corrected chi connectivity index (χ3v) is 10.7. The lowest BCUT2D eigenvalue weighted by Gasteiger charge is -2.34. The number of hydrogen-bond acceptors (Lipinski definition) is 7. The van der Waals surface area contributed by atoms with Crippen LogP contribution in [0.3, 0.4) is 0 Å². The number of amides is 2. The van der Waals surface area contributed by atoms with Crippen molar-refractivity contribution >= 4 is 27.7 Å². The Balaban J connectivity index is 1.21. The minimum absolute atomic E-state index is 0.00282. The van der Waals surface area contributed by atoms with Gasteiger partial charge in [0.2, 0.25) is 10.0 Å². The third-order valence-electron chi connectivity index (χ3n) is 8.83. The van der Waals surface area contributed by atoms with Gasteiger partial charge >= 0.3 is 0 Å². The summed E-state index contributed by atoms with van der Waals surface area (Å²) in [6.07, 6.45) is 2.37. The summed E-state index contributed by atoms with van der Waals surface area (Å²) >= 11 is 0. The fraction of sp³-hybridized carbons (Fsp3) is 0.500. The van der Waals surface area contributed by atoms with Crippen LogP contribution in [0.1, 0.15) is 58.3 Å². The molecule has 226 valence electrons. The number of aryl methyl sites for hydroxylation is 2. The van der Waals surface area contributed by atoms with Gasteiger partial charge in [-0.05, 0) is 92.8 Å². The Hall–Kier alpha value is -3.35. The number of nitrogens with one attached hydrogen (secondary N) is 1. The minimum atomic E-state index is -3.61. The van der Waals surface area contributed by atoms with Crippen molar-refractivity contribution in [2.45, 2.75) is 51.5 Å². The molecule has 2 saturated heterocycles. The maximum absolute atomic E-state index is 13.3. The number of nitrogens with zero attached hydrogens (tertiary/aromatic N) is 3. The fourth-order valence-electron chi connectivity index (χ4n) is 6.19. The molecule has 3 heterocycles. The molecule has 10 nitrogen and oxygen atoms in total. The molecule has 0 aromatic heterocycles. The van der Waals surface area contributed by atoms with Crippen molar-refractivity contribution in [3.63, 3.8) is 0 Å². The van der Waals surface area contributed by atoms with Gasteiger partial charge < -0.3 is 15.3 Å². The van der Waals surface area contributed by atoms with Crippen molar-refractivity contribution in [1.29, 1.82) is 0 Å². The highest BCUT2D eigenvalue weighted by atomic mass is 32.2. The standard InChI is InChI=1S/C30H37FN4O6S/c1-20-16-24(28(37)34-11-6-22(19-36)7-12-34)17-21(2)26(20)8-15-42(39,40)35-13-9-30(10-14-35)29(38)32-27(33-30)23-4-3-5-25(18-23)41-31/h3-5,16-18,22,36H,6-15,19H2,1-2H3,(H,32,33,38). The number of carbonyl (C=O) groups excluding carboxylic acids is 2. The van der Waals surface area contributed by atoms with E-state index in [1.807, 2.05) is 30.9 Å². The molecule has 0 aliphatic carbocycles. The summed E-state index contributed by atoms with van der Waals surface area (Å²) in [5.41, 5.74) is 2.71. The number of amidine groups is 1. The molecule has 2 aromatic carbocycles. The predicted octanol–water partition coefficient (Wildman–Crippen LogP) is 2.69. The van der Waals surface area contributed by atoms with Crippen molar-refractivity contribution in [3.8, 4) is 5.75 Å². The molecule has 2 amide bonds. The highest BCUT2D eigenvalue weighted by molar-refractivity contribution is 7.89. The van der Waals surface area contributed by atoms with E-state index in [2.05, 4.69) is 15.3 Å². The molecule has 0 unspecified atom stereocenters. The van der Waals surface area contributed by atoms with Crippen molar-refractivity contribution in [3.05, 3.63) is 64.2 Å². The van der Waals surface area contributed by atoms with Gasteiger partial charge in [-0.25, -0.2) is 12.7 Å². The summed E-state index contributed by atoms with van der Waals surface area (Å²) in [6.45, 7) is 5.52. The zero-order valence-electron chi connectivity index (χ0n) is 23.9. The highest BCUT2D eigenvalue weighted by Gasteiger charge is 2.47. The van der Waals surface area contributed by atoms with E-state index in [9.17, 15) is 27.6 Å². The lowest BCUT2D eigenvalue weighted by atomic mass is 9.89. The monoisotopic (exact) mass is 600 g/mol. The third kappa shape index (κ3) is 6.06. The summed E-state index contributed by atoms with van der Waals surface area (Å²) in [5.74, 6) is 0.147. The number of benzene rings is 2. The first-order valence-electron chi connectivity index (χ1n) is 14.3. The average molecular weight is 601 g/mol. The second-order valence-electron chi connectivity index (χ2n) is 11.5. The largest absolute Gasteiger partial charge is 0.396 e. The van der Waals surface area contributed by atoms with Gasteiger partial charge in [-0.3, -0.25) is 19.5 Å². The van der Waals surface area contributed by atoms with Crippen LogP contribution >= 0.6 is 0 Å². The van der Waals surface area contributed by atoms with Crippen LogP contribution in [0.15, 0.2) is 41.4 Å². The smallest absolute Gasteiger partial charge is 0.253 e. The van der Waals surface area contributed by atoms with Gasteiger partial charge in [-0.1, -0.05) is 12.1 Å². The van der Waals surface area contributed by atoms with Crippen molar-refractivity contribution in [1.82, 2.24) is 14.5 Å². The molecular formula is C30H37FN4O6S. The van der Waals surface area contributed by atoms with E-state index in [-0.39, 0.29) is 61.8 Å². The molecule has 42 heavy (non-hydrogen) atoms. The number of aliphatic hydroxyl groups is 1. The Morgan fingerprint density at radius 3 is 2.40 bits per heavy atom. The van der Waals surface area contributed by atoms with Crippen LogP contribution in [0.4, 0.5) is 4.53 Å². The first-order valence-corrected chi connectivity index (χ1v) is 15.9. The van der Waals surface area contributed by atoms with Crippen LogP contribution in [0.5, 0.6) is 5.75 Å². The van der Waals surface area contributed by atoms with Crippen molar-refractivity contribution in [2.24, 2.45) is 10.9 Å².